The summed E-state index contributed by atoms with van der Waals surface area (Å²) in [6.45, 7) is 0.686. The van der Waals surface area contributed by atoms with Crippen LogP contribution >= 0.6 is 0 Å². The number of ether oxygens (including phenoxy) is 1. The van der Waals surface area contributed by atoms with Gasteiger partial charge in [0.15, 0.2) is 0 Å². The minimum Gasteiger partial charge on any atom is -0.496 e. The zero-order chi connectivity index (χ0) is 30.9. The summed E-state index contributed by atoms with van der Waals surface area (Å²) in [4.78, 5) is 33.6. The lowest BCUT2D eigenvalue weighted by atomic mass is 9.94. The van der Waals surface area contributed by atoms with Crippen molar-refractivity contribution >= 4 is 23.2 Å². The number of alkyl halides is 2. The van der Waals surface area contributed by atoms with Crippen molar-refractivity contribution in [2.45, 2.75) is 44.3 Å². The number of nitrogens with two attached hydrogens (primary N) is 1. The van der Waals surface area contributed by atoms with Crippen molar-refractivity contribution in [1.29, 1.82) is 5.41 Å². The van der Waals surface area contributed by atoms with Crippen LogP contribution < -0.4 is 15.8 Å². The molecule has 0 radical (unpaired) electrons. The van der Waals surface area contributed by atoms with Crippen LogP contribution in [0.2, 0.25) is 0 Å². The number of likely N-dealkylation sites (tertiary alicyclic amines) is 2. The number of amides is 2. The van der Waals surface area contributed by atoms with Crippen LogP contribution in [-0.2, 0) is 11.3 Å². The lowest BCUT2D eigenvalue weighted by Gasteiger charge is -2.45. The van der Waals surface area contributed by atoms with Crippen molar-refractivity contribution in [3.05, 3.63) is 88.5 Å². The predicted molar refractivity (Wildman–Crippen MR) is 155 cm³/mol. The van der Waals surface area contributed by atoms with Crippen LogP contribution in [0.1, 0.15) is 45.6 Å². The smallest absolute Gasteiger partial charge is 0.282 e. The molecule has 226 valence electrons. The fraction of sp³-hybridized carbons (Fsp3) is 0.355. The number of benzene rings is 2. The molecule has 0 bridgehead atoms. The molecule has 3 aromatic rings. The minimum absolute atomic E-state index is 0.0165. The number of aromatic nitrogens is 1. The molecule has 43 heavy (non-hydrogen) atoms. The Morgan fingerprint density at radius 1 is 1.14 bits per heavy atom. The monoisotopic (exact) mass is 594 g/mol. The highest BCUT2D eigenvalue weighted by molar-refractivity contribution is 6.14. The van der Waals surface area contributed by atoms with E-state index in [0.717, 1.165) is 10.6 Å². The molecule has 2 aromatic carbocycles. The fourth-order valence-corrected chi connectivity index (χ4v) is 5.62. The number of aryl methyl sites for hydroxylation is 1. The quantitative estimate of drug-likeness (QED) is 0.270. The van der Waals surface area contributed by atoms with E-state index in [1.54, 1.807) is 47.5 Å². The molecule has 2 fully saturated rings. The van der Waals surface area contributed by atoms with Gasteiger partial charge >= 0.3 is 0 Å². The van der Waals surface area contributed by atoms with E-state index < -0.39 is 48.7 Å². The zero-order valence-corrected chi connectivity index (χ0v) is 23.9. The SMILES string of the molecule is COc1cccc(F)c1CN1C[C@H](NC(=O)c2ccc(N)c(C(=N)c3ccnc(C)c3)c2)CC[C@H]1C(=O)N1CC(F)(F)C1. The number of nitrogens with one attached hydrogen (secondary N) is 2. The molecule has 3 heterocycles. The summed E-state index contributed by atoms with van der Waals surface area (Å²) in [5.74, 6) is -3.98. The molecule has 0 unspecified atom stereocenters. The topological polar surface area (TPSA) is 125 Å². The van der Waals surface area contributed by atoms with Gasteiger partial charge in [-0.05, 0) is 62.2 Å². The summed E-state index contributed by atoms with van der Waals surface area (Å²) in [5, 5.41) is 11.6. The predicted octanol–water partition coefficient (Wildman–Crippen LogP) is 3.78. The van der Waals surface area contributed by atoms with Crippen molar-refractivity contribution in [3.8, 4) is 5.75 Å². The van der Waals surface area contributed by atoms with Gasteiger partial charge in [-0.25, -0.2) is 13.2 Å². The first kappa shape index (κ1) is 30.0. The average Bonchev–Trinajstić information content (AvgIpc) is 2.96. The molecule has 12 heteroatoms. The number of hydrogen-bond acceptors (Lipinski definition) is 7. The Morgan fingerprint density at radius 2 is 1.91 bits per heavy atom. The molecule has 1 aromatic heterocycles. The van der Waals surface area contributed by atoms with Crippen molar-refractivity contribution in [3.63, 3.8) is 0 Å². The average molecular weight is 595 g/mol. The van der Waals surface area contributed by atoms with E-state index in [0.29, 0.717) is 34.5 Å². The number of nitrogens with zero attached hydrogens (tertiary/aromatic N) is 3. The van der Waals surface area contributed by atoms with Gasteiger partial charge in [0.25, 0.3) is 11.8 Å². The lowest BCUT2D eigenvalue weighted by molar-refractivity contribution is -0.172. The number of nitrogen functional groups attached to an aromatic ring is 1. The van der Waals surface area contributed by atoms with E-state index in [1.807, 2.05) is 6.92 Å². The van der Waals surface area contributed by atoms with Crippen LogP contribution in [0, 0.1) is 18.2 Å². The molecule has 2 atom stereocenters. The number of piperidine rings is 1. The van der Waals surface area contributed by atoms with E-state index in [1.165, 1.54) is 19.2 Å². The molecule has 0 spiro atoms. The Kier molecular flexibility index (Phi) is 8.41. The Labute approximate surface area is 247 Å². The minimum atomic E-state index is -2.91. The standard InChI is InChI=1S/C31H33F3N6O3/c1-18-12-19(10-11-37-18)28(36)22-13-20(6-8-25(22)35)29(41)38-21-7-9-26(30(42)40-16-31(33,34)17-40)39(14-21)15-23-24(32)4-3-5-27(23)43-2/h3-6,8,10-13,21,26,36H,7,9,14-17,35H2,1-2H3,(H,38,41)/t21-,26+/m1/s1. The molecule has 2 aliphatic rings. The van der Waals surface area contributed by atoms with Crippen molar-refractivity contribution in [2.75, 3.05) is 32.5 Å². The van der Waals surface area contributed by atoms with E-state index in [4.69, 9.17) is 15.9 Å². The fourth-order valence-electron chi connectivity index (χ4n) is 5.62. The maximum Gasteiger partial charge on any atom is 0.282 e. The Bertz CT molecular complexity index is 1560. The highest BCUT2D eigenvalue weighted by Gasteiger charge is 2.49. The summed E-state index contributed by atoms with van der Waals surface area (Å²) in [7, 11) is 1.42. The second-order valence-corrected chi connectivity index (χ2v) is 11.0. The molecule has 0 aliphatic carbocycles. The molecular formula is C31H33F3N6O3. The molecule has 9 nitrogen and oxygen atoms in total. The second-order valence-electron chi connectivity index (χ2n) is 11.0. The van der Waals surface area contributed by atoms with Crippen LogP contribution in [0.5, 0.6) is 5.75 Å². The van der Waals surface area contributed by atoms with Gasteiger partial charge in [-0.2, -0.15) is 0 Å². The summed E-state index contributed by atoms with van der Waals surface area (Å²) in [5.41, 5.74) is 8.93. The number of hydrogen-bond donors (Lipinski definition) is 3. The van der Waals surface area contributed by atoms with Gasteiger partial charge in [0, 0.05) is 59.0 Å². The summed E-state index contributed by atoms with van der Waals surface area (Å²) in [6, 6.07) is 11.4. The van der Waals surface area contributed by atoms with Gasteiger partial charge in [0.1, 0.15) is 11.6 Å². The number of carbonyl (C=O) groups is 2. The highest BCUT2D eigenvalue weighted by atomic mass is 19.3. The van der Waals surface area contributed by atoms with Gasteiger partial charge in [0.05, 0.1) is 32.0 Å². The van der Waals surface area contributed by atoms with E-state index in [2.05, 4.69) is 10.3 Å². The van der Waals surface area contributed by atoms with Gasteiger partial charge in [-0.3, -0.25) is 24.9 Å². The van der Waals surface area contributed by atoms with E-state index in [-0.39, 0.29) is 30.8 Å². The molecular weight excluding hydrogens is 561 g/mol. The molecule has 2 amide bonds. The highest BCUT2D eigenvalue weighted by Crippen LogP contribution is 2.32. The lowest BCUT2D eigenvalue weighted by Crippen LogP contribution is -2.64. The zero-order valence-electron chi connectivity index (χ0n) is 23.9. The molecule has 0 saturated carbocycles. The van der Waals surface area contributed by atoms with Crippen molar-refractivity contribution in [2.24, 2.45) is 0 Å². The van der Waals surface area contributed by atoms with Crippen molar-refractivity contribution < 1.29 is 27.5 Å². The van der Waals surface area contributed by atoms with E-state index in [9.17, 15) is 22.8 Å². The Hall–Kier alpha value is -4.45. The summed E-state index contributed by atoms with van der Waals surface area (Å²) in [6.07, 6.45) is 2.29. The third-order valence-corrected chi connectivity index (χ3v) is 7.89. The first-order chi connectivity index (χ1) is 20.5. The number of halogens is 3. The summed E-state index contributed by atoms with van der Waals surface area (Å²) >= 11 is 0. The van der Waals surface area contributed by atoms with Crippen LogP contribution in [0.3, 0.4) is 0 Å². The molecule has 2 saturated heterocycles. The van der Waals surface area contributed by atoms with Crippen LogP contribution in [0.15, 0.2) is 54.7 Å². The number of anilines is 1. The van der Waals surface area contributed by atoms with Gasteiger partial charge in [-0.15, -0.1) is 0 Å². The first-order valence-electron chi connectivity index (χ1n) is 13.9. The normalized spacial score (nSPS) is 19.8. The van der Waals surface area contributed by atoms with Crippen LogP contribution in [-0.4, -0.2) is 77.1 Å². The van der Waals surface area contributed by atoms with Crippen molar-refractivity contribution in [1.82, 2.24) is 20.1 Å². The largest absolute Gasteiger partial charge is 0.496 e. The number of pyridine rings is 1. The van der Waals surface area contributed by atoms with E-state index >= 15 is 0 Å². The Morgan fingerprint density at radius 3 is 2.60 bits per heavy atom. The third-order valence-electron chi connectivity index (χ3n) is 7.89. The van der Waals surface area contributed by atoms with Gasteiger partial charge in [-0.1, -0.05) is 6.07 Å². The number of carbonyl (C=O) groups excluding carboxylic acids is 2. The maximum absolute atomic E-state index is 14.9. The van der Waals surface area contributed by atoms with Crippen LogP contribution in [0.4, 0.5) is 18.9 Å². The van der Waals surface area contributed by atoms with Crippen LogP contribution in [0.25, 0.3) is 0 Å². The Balaban J connectivity index is 1.34. The molecule has 5 rings (SSSR count). The second kappa shape index (κ2) is 12.0. The molecule has 2 aliphatic heterocycles. The number of methoxy groups -OCH3 is 1. The first-order valence-corrected chi connectivity index (χ1v) is 13.9. The number of rotatable bonds is 8. The third kappa shape index (κ3) is 6.48. The van der Waals surface area contributed by atoms with Gasteiger partial charge < -0.3 is 20.7 Å². The summed E-state index contributed by atoms with van der Waals surface area (Å²) < 4.78 is 47.3. The maximum atomic E-state index is 14.9. The van der Waals surface area contributed by atoms with Gasteiger partial charge in [0.2, 0.25) is 5.91 Å². The molecule has 4 N–H and O–H groups in total.